The van der Waals surface area contributed by atoms with Gasteiger partial charge in [-0.1, -0.05) is 11.2 Å². The van der Waals surface area contributed by atoms with E-state index in [1.165, 1.54) is 0 Å². The SMILES string of the molecule is CSCc1noc(CNC(=O)N(C)Cc2ccc3c(c2)OCO3)n1. The number of benzene rings is 1. The number of rotatable bonds is 6. The molecule has 0 unspecified atom stereocenters. The quantitative estimate of drug-likeness (QED) is 0.852. The Balaban J connectivity index is 1.51. The molecule has 128 valence electrons. The summed E-state index contributed by atoms with van der Waals surface area (Å²) in [6, 6.07) is 5.40. The van der Waals surface area contributed by atoms with E-state index < -0.39 is 0 Å². The van der Waals surface area contributed by atoms with Gasteiger partial charge in [0.25, 0.3) is 0 Å². The van der Waals surface area contributed by atoms with Crippen LogP contribution in [0.1, 0.15) is 17.3 Å². The number of amides is 2. The van der Waals surface area contributed by atoms with E-state index >= 15 is 0 Å². The van der Waals surface area contributed by atoms with Crippen LogP contribution in [0.2, 0.25) is 0 Å². The monoisotopic (exact) mass is 350 g/mol. The van der Waals surface area contributed by atoms with Crippen LogP contribution in [0.4, 0.5) is 4.79 Å². The zero-order valence-electron chi connectivity index (χ0n) is 13.4. The Morgan fingerprint density at radius 1 is 1.38 bits per heavy atom. The Morgan fingerprint density at radius 2 is 2.21 bits per heavy atom. The normalized spacial score (nSPS) is 12.2. The minimum atomic E-state index is -0.225. The first-order valence-electron chi connectivity index (χ1n) is 7.33. The fourth-order valence-electron chi connectivity index (χ4n) is 2.22. The highest BCUT2D eigenvalue weighted by molar-refractivity contribution is 7.97. The number of hydrogen-bond donors (Lipinski definition) is 1. The second-order valence-electron chi connectivity index (χ2n) is 5.24. The summed E-state index contributed by atoms with van der Waals surface area (Å²) in [7, 11) is 1.72. The Hall–Kier alpha value is -2.42. The molecule has 0 atom stereocenters. The number of hydrogen-bond acceptors (Lipinski definition) is 7. The van der Waals surface area contributed by atoms with Crippen LogP contribution in [0.25, 0.3) is 0 Å². The van der Waals surface area contributed by atoms with Crippen molar-refractivity contribution in [2.75, 3.05) is 20.1 Å². The molecule has 3 rings (SSSR count). The highest BCUT2D eigenvalue weighted by Gasteiger charge is 2.16. The van der Waals surface area contributed by atoms with Gasteiger partial charge >= 0.3 is 6.03 Å². The van der Waals surface area contributed by atoms with Crippen molar-refractivity contribution in [3.8, 4) is 11.5 Å². The molecule has 0 spiro atoms. The number of carbonyl (C=O) groups excluding carboxylic acids is 1. The molecule has 0 bridgehead atoms. The third-order valence-corrected chi connectivity index (χ3v) is 3.92. The molecule has 8 nitrogen and oxygen atoms in total. The molecule has 1 aromatic heterocycles. The summed E-state index contributed by atoms with van der Waals surface area (Å²) in [5.74, 6) is 3.13. The molecule has 0 saturated carbocycles. The number of fused-ring (bicyclic) bond motifs is 1. The summed E-state index contributed by atoms with van der Waals surface area (Å²) in [5.41, 5.74) is 0.956. The Kier molecular flexibility index (Phi) is 5.09. The van der Waals surface area contributed by atoms with Crippen LogP contribution in [-0.4, -0.2) is 41.2 Å². The second-order valence-corrected chi connectivity index (χ2v) is 6.11. The largest absolute Gasteiger partial charge is 0.454 e. The van der Waals surface area contributed by atoms with Gasteiger partial charge in [0.15, 0.2) is 17.3 Å². The molecular weight excluding hydrogens is 332 g/mol. The van der Waals surface area contributed by atoms with Gasteiger partial charge in [0.2, 0.25) is 12.7 Å². The first-order chi connectivity index (χ1) is 11.7. The van der Waals surface area contributed by atoms with Crippen molar-refractivity contribution in [3.05, 3.63) is 35.5 Å². The zero-order chi connectivity index (χ0) is 16.9. The Labute approximate surface area is 143 Å². The van der Waals surface area contributed by atoms with Gasteiger partial charge in [0.05, 0.1) is 12.3 Å². The van der Waals surface area contributed by atoms with Crippen LogP contribution >= 0.6 is 11.8 Å². The molecule has 0 saturated heterocycles. The van der Waals surface area contributed by atoms with E-state index in [0.29, 0.717) is 29.8 Å². The predicted octanol–water partition coefficient (Wildman–Crippen LogP) is 2.00. The van der Waals surface area contributed by atoms with Crippen molar-refractivity contribution in [1.29, 1.82) is 0 Å². The van der Waals surface area contributed by atoms with Gasteiger partial charge in [0.1, 0.15) is 0 Å². The van der Waals surface area contributed by atoms with Crippen LogP contribution in [0, 0.1) is 0 Å². The fraction of sp³-hybridized carbons (Fsp3) is 0.400. The average molecular weight is 350 g/mol. The van der Waals surface area contributed by atoms with Crippen molar-refractivity contribution < 1.29 is 18.8 Å². The van der Waals surface area contributed by atoms with Crippen LogP contribution in [0.5, 0.6) is 11.5 Å². The number of thioether (sulfide) groups is 1. The van der Waals surface area contributed by atoms with E-state index in [2.05, 4.69) is 15.5 Å². The van der Waals surface area contributed by atoms with Crippen molar-refractivity contribution in [2.24, 2.45) is 0 Å². The summed E-state index contributed by atoms with van der Waals surface area (Å²) in [4.78, 5) is 17.9. The van der Waals surface area contributed by atoms with E-state index in [1.807, 2.05) is 24.5 Å². The number of urea groups is 1. The van der Waals surface area contributed by atoms with Gasteiger partial charge in [0, 0.05) is 13.6 Å². The van der Waals surface area contributed by atoms with Crippen LogP contribution in [0.15, 0.2) is 22.7 Å². The molecule has 1 aliphatic rings. The molecule has 2 aromatic rings. The van der Waals surface area contributed by atoms with E-state index in [1.54, 1.807) is 23.7 Å². The number of ether oxygens (including phenoxy) is 2. The van der Waals surface area contributed by atoms with Gasteiger partial charge in [-0.15, -0.1) is 0 Å². The van der Waals surface area contributed by atoms with Gasteiger partial charge < -0.3 is 24.2 Å². The summed E-state index contributed by atoms with van der Waals surface area (Å²) in [6.07, 6.45) is 1.96. The van der Waals surface area contributed by atoms with Crippen LogP contribution in [0.3, 0.4) is 0 Å². The molecule has 0 fully saturated rings. The number of nitrogens with one attached hydrogen (secondary N) is 1. The smallest absolute Gasteiger partial charge is 0.317 e. The minimum absolute atomic E-state index is 0.200. The van der Waals surface area contributed by atoms with Crippen LogP contribution in [-0.2, 0) is 18.8 Å². The maximum Gasteiger partial charge on any atom is 0.317 e. The second kappa shape index (κ2) is 7.43. The van der Waals surface area contributed by atoms with E-state index in [4.69, 9.17) is 14.0 Å². The van der Waals surface area contributed by atoms with E-state index in [-0.39, 0.29) is 19.4 Å². The lowest BCUT2D eigenvalue weighted by atomic mass is 10.2. The van der Waals surface area contributed by atoms with Crippen molar-refractivity contribution in [3.63, 3.8) is 0 Å². The minimum Gasteiger partial charge on any atom is -0.454 e. The third-order valence-electron chi connectivity index (χ3n) is 3.38. The third kappa shape index (κ3) is 3.91. The Morgan fingerprint density at radius 3 is 3.04 bits per heavy atom. The fourth-order valence-corrected chi connectivity index (χ4v) is 2.60. The molecule has 1 N–H and O–H groups in total. The lowest BCUT2D eigenvalue weighted by molar-refractivity contribution is 0.174. The lowest BCUT2D eigenvalue weighted by Crippen LogP contribution is -2.36. The molecule has 2 amide bonds. The summed E-state index contributed by atoms with van der Waals surface area (Å²) >= 11 is 1.61. The average Bonchev–Trinajstić information content (AvgIpc) is 3.21. The van der Waals surface area contributed by atoms with Gasteiger partial charge in [-0.25, -0.2) is 4.79 Å². The van der Waals surface area contributed by atoms with E-state index in [9.17, 15) is 4.79 Å². The summed E-state index contributed by atoms with van der Waals surface area (Å²) < 4.78 is 15.7. The molecule has 24 heavy (non-hydrogen) atoms. The predicted molar refractivity (Wildman–Crippen MR) is 87.8 cm³/mol. The number of nitrogens with zero attached hydrogens (tertiary/aromatic N) is 3. The standard InChI is InChI=1S/C15H18N4O4S/c1-19(7-10-3-4-11-12(5-10)22-9-21-11)15(20)16-6-14-17-13(8-24-2)18-23-14/h3-5H,6-9H2,1-2H3,(H,16,20). The highest BCUT2D eigenvalue weighted by Crippen LogP contribution is 2.32. The topological polar surface area (TPSA) is 89.7 Å². The molecule has 1 aromatic carbocycles. The zero-order valence-corrected chi connectivity index (χ0v) is 14.3. The molecular formula is C15H18N4O4S. The summed E-state index contributed by atoms with van der Waals surface area (Å²) in [6.45, 7) is 0.882. The molecule has 0 aliphatic carbocycles. The van der Waals surface area contributed by atoms with Gasteiger partial charge in [-0.3, -0.25) is 0 Å². The summed E-state index contributed by atoms with van der Waals surface area (Å²) in [5, 5.41) is 6.59. The van der Waals surface area contributed by atoms with Gasteiger partial charge in [-0.2, -0.15) is 16.7 Å². The van der Waals surface area contributed by atoms with Crippen molar-refractivity contribution >= 4 is 17.8 Å². The maximum atomic E-state index is 12.2. The molecule has 0 radical (unpaired) electrons. The van der Waals surface area contributed by atoms with Crippen LogP contribution < -0.4 is 14.8 Å². The lowest BCUT2D eigenvalue weighted by Gasteiger charge is -2.17. The molecule has 1 aliphatic heterocycles. The first-order valence-corrected chi connectivity index (χ1v) is 8.73. The van der Waals surface area contributed by atoms with Crippen molar-refractivity contribution in [1.82, 2.24) is 20.4 Å². The number of carbonyl (C=O) groups is 1. The first kappa shape index (κ1) is 16.4. The maximum absolute atomic E-state index is 12.2. The van der Waals surface area contributed by atoms with E-state index in [0.717, 1.165) is 11.3 Å². The van der Waals surface area contributed by atoms with Crippen molar-refractivity contribution in [2.45, 2.75) is 18.8 Å². The molecule has 2 heterocycles. The molecule has 9 heteroatoms. The Bertz CT molecular complexity index is 721. The number of aromatic nitrogens is 2. The van der Waals surface area contributed by atoms with Gasteiger partial charge in [-0.05, 0) is 24.0 Å². The highest BCUT2D eigenvalue weighted by atomic mass is 32.2.